The van der Waals surface area contributed by atoms with E-state index in [2.05, 4.69) is 10.3 Å². The van der Waals surface area contributed by atoms with Gasteiger partial charge in [-0.15, -0.1) is 0 Å². The molecule has 0 bridgehead atoms. The van der Waals surface area contributed by atoms with Crippen molar-refractivity contribution in [2.75, 3.05) is 14.2 Å². The van der Waals surface area contributed by atoms with Crippen LogP contribution in [0.25, 0.3) is 0 Å². The molecule has 1 aromatic carbocycles. The van der Waals surface area contributed by atoms with Crippen LogP contribution in [0.5, 0.6) is 0 Å². The van der Waals surface area contributed by atoms with Gasteiger partial charge in [0.1, 0.15) is 14.2 Å². The Morgan fingerprint density at radius 3 is 2.32 bits per heavy atom. The lowest BCUT2D eigenvalue weighted by Gasteiger charge is -2.07. The number of halogens is 2. The monoisotopic (exact) mass is 302 g/mol. The summed E-state index contributed by atoms with van der Waals surface area (Å²) in [6.07, 6.45) is 1.39. The number of rotatable bonds is 6. The van der Waals surface area contributed by atoms with Crippen molar-refractivity contribution in [2.45, 2.75) is 19.8 Å². The molecule has 0 N–H and O–H groups in total. The van der Waals surface area contributed by atoms with Crippen LogP contribution in [0.3, 0.4) is 0 Å². The van der Waals surface area contributed by atoms with Gasteiger partial charge in [-0.3, -0.25) is 0 Å². The Morgan fingerprint density at radius 1 is 1.05 bits per heavy atom. The van der Waals surface area contributed by atoms with Crippen LogP contribution in [0.1, 0.15) is 25.3 Å². The highest BCUT2D eigenvalue weighted by Crippen LogP contribution is 2.23. The SMILES string of the molecule is CO/N=C(\C)CC/C(=N\OC)c1ccc(Cl)c(Cl)c1. The molecule has 0 saturated carbocycles. The van der Waals surface area contributed by atoms with Crippen molar-refractivity contribution < 1.29 is 9.68 Å². The summed E-state index contributed by atoms with van der Waals surface area (Å²) < 4.78 is 0. The van der Waals surface area contributed by atoms with Gasteiger partial charge in [-0.25, -0.2) is 0 Å². The molecule has 0 fully saturated rings. The molecule has 0 amide bonds. The first-order valence-corrected chi connectivity index (χ1v) is 6.46. The van der Waals surface area contributed by atoms with E-state index < -0.39 is 0 Å². The van der Waals surface area contributed by atoms with Crippen molar-refractivity contribution in [1.29, 1.82) is 0 Å². The van der Waals surface area contributed by atoms with E-state index in [0.717, 1.165) is 23.4 Å². The van der Waals surface area contributed by atoms with Crippen LogP contribution in [0.4, 0.5) is 0 Å². The molecule has 0 radical (unpaired) electrons. The van der Waals surface area contributed by atoms with E-state index in [1.165, 1.54) is 14.2 Å². The molecular weight excluding hydrogens is 287 g/mol. The summed E-state index contributed by atoms with van der Waals surface area (Å²) in [6, 6.07) is 5.36. The standard InChI is InChI=1S/C13H16Cl2N2O2/c1-9(16-18-2)4-7-13(17-19-3)10-5-6-11(14)12(15)8-10/h5-6,8H,4,7H2,1-3H3/b16-9+,17-13+. The van der Waals surface area contributed by atoms with Crippen molar-refractivity contribution in [3.63, 3.8) is 0 Å². The minimum absolute atomic E-state index is 0.491. The second-order valence-electron chi connectivity index (χ2n) is 3.86. The molecule has 0 aliphatic heterocycles. The first-order valence-electron chi connectivity index (χ1n) is 5.70. The van der Waals surface area contributed by atoms with Crippen molar-refractivity contribution in [3.8, 4) is 0 Å². The van der Waals surface area contributed by atoms with Gasteiger partial charge in [0, 0.05) is 5.56 Å². The predicted octanol–water partition coefficient (Wildman–Crippen LogP) is 4.15. The van der Waals surface area contributed by atoms with E-state index in [4.69, 9.17) is 32.9 Å². The summed E-state index contributed by atoms with van der Waals surface area (Å²) in [6.45, 7) is 1.89. The molecule has 0 aliphatic rings. The van der Waals surface area contributed by atoms with E-state index in [9.17, 15) is 0 Å². The van der Waals surface area contributed by atoms with Gasteiger partial charge >= 0.3 is 0 Å². The van der Waals surface area contributed by atoms with E-state index in [1.54, 1.807) is 12.1 Å². The Kier molecular flexibility index (Phi) is 6.67. The second kappa shape index (κ2) is 8.02. The smallest absolute Gasteiger partial charge is 0.106 e. The van der Waals surface area contributed by atoms with Crippen LogP contribution in [0, 0.1) is 0 Å². The van der Waals surface area contributed by atoms with Crippen molar-refractivity contribution >= 4 is 34.6 Å². The van der Waals surface area contributed by atoms with Gasteiger partial charge in [0.2, 0.25) is 0 Å². The molecule has 4 nitrogen and oxygen atoms in total. The maximum Gasteiger partial charge on any atom is 0.106 e. The Hall–Kier alpha value is -1.26. The van der Waals surface area contributed by atoms with Crippen LogP contribution < -0.4 is 0 Å². The van der Waals surface area contributed by atoms with Gasteiger partial charge in [0.25, 0.3) is 0 Å². The van der Waals surface area contributed by atoms with Gasteiger partial charge in [0.15, 0.2) is 0 Å². The van der Waals surface area contributed by atoms with Gasteiger partial charge in [-0.1, -0.05) is 39.6 Å². The van der Waals surface area contributed by atoms with Gasteiger partial charge < -0.3 is 9.68 Å². The molecule has 0 unspecified atom stereocenters. The number of hydrogen-bond acceptors (Lipinski definition) is 4. The summed E-state index contributed by atoms with van der Waals surface area (Å²) in [5, 5.41) is 8.88. The molecule has 19 heavy (non-hydrogen) atoms. The highest BCUT2D eigenvalue weighted by atomic mass is 35.5. The number of benzene rings is 1. The third-order valence-electron chi connectivity index (χ3n) is 2.43. The summed E-state index contributed by atoms with van der Waals surface area (Å²) in [5.41, 5.74) is 2.54. The molecule has 0 heterocycles. The van der Waals surface area contributed by atoms with Gasteiger partial charge in [-0.05, 0) is 31.9 Å². The molecule has 0 aromatic heterocycles. The first-order chi connectivity index (χ1) is 9.08. The summed E-state index contributed by atoms with van der Waals surface area (Å²) in [5.74, 6) is 0. The van der Waals surface area contributed by atoms with Crippen LogP contribution in [-0.2, 0) is 9.68 Å². The summed E-state index contributed by atoms with van der Waals surface area (Å²) in [7, 11) is 3.03. The molecule has 0 saturated heterocycles. The van der Waals surface area contributed by atoms with Crippen molar-refractivity contribution in [2.24, 2.45) is 10.3 Å². The Bertz CT molecular complexity index is 488. The molecule has 104 valence electrons. The van der Waals surface area contributed by atoms with E-state index in [0.29, 0.717) is 16.5 Å². The van der Waals surface area contributed by atoms with Crippen molar-refractivity contribution in [3.05, 3.63) is 33.8 Å². The van der Waals surface area contributed by atoms with E-state index in [-0.39, 0.29) is 0 Å². The maximum absolute atomic E-state index is 6.00. The lowest BCUT2D eigenvalue weighted by atomic mass is 10.0. The second-order valence-corrected chi connectivity index (χ2v) is 4.67. The molecule has 0 atom stereocenters. The fraction of sp³-hybridized carbons (Fsp3) is 0.385. The molecule has 1 rings (SSSR count). The quantitative estimate of drug-likeness (QED) is 0.585. The lowest BCUT2D eigenvalue weighted by Crippen LogP contribution is -2.05. The molecule has 1 aromatic rings. The average molecular weight is 303 g/mol. The number of nitrogens with zero attached hydrogens (tertiary/aromatic N) is 2. The highest BCUT2D eigenvalue weighted by molar-refractivity contribution is 6.42. The summed E-state index contributed by atoms with van der Waals surface area (Å²) in [4.78, 5) is 9.58. The van der Waals surface area contributed by atoms with E-state index in [1.807, 2.05) is 13.0 Å². The van der Waals surface area contributed by atoms with Crippen LogP contribution in [0.15, 0.2) is 28.5 Å². The summed E-state index contributed by atoms with van der Waals surface area (Å²) >= 11 is 11.9. The topological polar surface area (TPSA) is 43.2 Å². The zero-order chi connectivity index (χ0) is 14.3. The van der Waals surface area contributed by atoms with Gasteiger partial charge in [-0.2, -0.15) is 0 Å². The lowest BCUT2D eigenvalue weighted by molar-refractivity contribution is 0.211. The minimum Gasteiger partial charge on any atom is -0.399 e. The third kappa shape index (κ3) is 5.09. The highest BCUT2D eigenvalue weighted by Gasteiger charge is 2.08. The van der Waals surface area contributed by atoms with Crippen LogP contribution >= 0.6 is 23.2 Å². The first kappa shape index (κ1) is 15.8. The van der Waals surface area contributed by atoms with Crippen LogP contribution in [0.2, 0.25) is 10.0 Å². The van der Waals surface area contributed by atoms with E-state index >= 15 is 0 Å². The minimum atomic E-state index is 0.491. The van der Waals surface area contributed by atoms with Gasteiger partial charge in [0.05, 0.1) is 21.5 Å². The predicted molar refractivity (Wildman–Crippen MR) is 79.4 cm³/mol. The fourth-order valence-corrected chi connectivity index (χ4v) is 1.83. The zero-order valence-corrected chi connectivity index (χ0v) is 12.6. The Morgan fingerprint density at radius 2 is 1.74 bits per heavy atom. The number of hydrogen-bond donors (Lipinski definition) is 0. The van der Waals surface area contributed by atoms with Crippen molar-refractivity contribution in [1.82, 2.24) is 0 Å². The number of oxime groups is 2. The third-order valence-corrected chi connectivity index (χ3v) is 3.16. The Labute approximate surface area is 123 Å². The maximum atomic E-state index is 6.00. The largest absolute Gasteiger partial charge is 0.399 e. The average Bonchev–Trinajstić information content (AvgIpc) is 2.38. The molecule has 0 spiro atoms. The van der Waals surface area contributed by atoms with Crippen LogP contribution in [-0.4, -0.2) is 25.6 Å². The molecule has 6 heteroatoms. The Balaban J connectivity index is 2.86. The zero-order valence-electron chi connectivity index (χ0n) is 11.1. The molecule has 0 aliphatic carbocycles. The normalized spacial score (nSPS) is 12.5. The molecular formula is C13H16Cl2N2O2. The fourth-order valence-electron chi connectivity index (χ4n) is 1.53.